The van der Waals surface area contributed by atoms with Crippen molar-refractivity contribution in [3.63, 3.8) is 0 Å². The number of aliphatic carboxylic acids is 2. The molecule has 2 N–H and O–H groups in total. The van der Waals surface area contributed by atoms with Gasteiger partial charge in [-0.1, -0.05) is 0 Å². The van der Waals surface area contributed by atoms with Crippen LogP contribution in [0.5, 0.6) is 0 Å². The van der Waals surface area contributed by atoms with Crippen LogP contribution < -0.4 is 0 Å². The van der Waals surface area contributed by atoms with Gasteiger partial charge in [-0.3, -0.25) is 9.88 Å². The summed E-state index contributed by atoms with van der Waals surface area (Å²) in [5.74, 6) is -2.12. The average molecular weight is 602 g/mol. The maximum Gasteiger partial charge on any atom is 0.490 e. The normalized spacial score (nSPS) is 14.5. The summed E-state index contributed by atoms with van der Waals surface area (Å²) < 4.78 is 71.1. The lowest BCUT2D eigenvalue weighted by molar-refractivity contribution is -0.193. The van der Waals surface area contributed by atoms with Crippen molar-refractivity contribution in [3.8, 4) is 11.1 Å². The number of pyridine rings is 2. The Morgan fingerprint density at radius 3 is 1.98 bits per heavy atom. The molecule has 1 aliphatic heterocycles. The van der Waals surface area contributed by atoms with E-state index in [1.54, 1.807) is 0 Å². The highest BCUT2D eigenvalue weighted by Gasteiger charge is 2.38. The van der Waals surface area contributed by atoms with Crippen LogP contribution in [0.15, 0.2) is 59.4 Å². The number of carboxylic acids is 2. The number of hydrogen-bond donors (Lipinski definition) is 2. The van der Waals surface area contributed by atoms with Crippen LogP contribution in [-0.4, -0.2) is 72.1 Å². The van der Waals surface area contributed by atoms with Crippen molar-refractivity contribution in [3.05, 3.63) is 72.3 Å². The lowest BCUT2D eigenvalue weighted by Crippen LogP contribution is -2.32. The summed E-state index contributed by atoms with van der Waals surface area (Å²) in [6, 6.07) is 12.3. The van der Waals surface area contributed by atoms with Crippen LogP contribution in [0.3, 0.4) is 0 Å². The van der Waals surface area contributed by atoms with Gasteiger partial charge in [0, 0.05) is 30.1 Å². The van der Waals surface area contributed by atoms with Crippen molar-refractivity contribution < 1.29 is 50.6 Å². The fourth-order valence-corrected chi connectivity index (χ4v) is 3.93. The number of hydrogen-bond acceptors (Lipinski definition) is 7. The molecule has 0 spiro atoms. The smallest absolute Gasteiger partial charge is 0.475 e. The van der Waals surface area contributed by atoms with Gasteiger partial charge in [-0.15, -0.1) is 0 Å². The molecule has 1 fully saturated rings. The average Bonchev–Trinajstić information content (AvgIpc) is 3.54. The van der Waals surface area contributed by atoms with Crippen LogP contribution in [0.4, 0.5) is 26.3 Å². The Morgan fingerprint density at radius 2 is 1.48 bits per heavy atom. The van der Waals surface area contributed by atoms with Gasteiger partial charge in [-0.05, 0) is 74.8 Å². The van der Waals surface area contributed by atoms with Gasteiger partial charge in [0.25, 0.3) is 0 Å². The second kappa shape index (κ2) is 13.5. The van der Waals surface area contributed by atoms with Gasteiger partial charge in [0.2, 0.25) is 0 Å². The van der Waals surface area contributed by atoms with Crippen molar-refractivity contribution in [2.45, 2.75) is 44.6 Å². The summed E-state index contributed by atoms with van der Waals surface area (Å²) in [5, 5.41) is 19.0. The lowest BCUT2D eigenvalue weighted by atomic mass is 9.96. The molecule has 226 valence electrons. The first-order valence-electron chi connectivity index (χ1n) is 12.3. The van der Waals surface area contributed by atoms with Gasteiger partial charge in [-0.2, -0.15) is 31.4 Å². The molecule has 1 aliphatic rings. The summed E-state index contributed by atoms with van der Waals surface area (Å²) >= 11 is 0. The first kappa shape index (κ1) is 32.0. The lowest BCUT2D eigenvalue weighted by Gasteiger charge is -2.29. The third kappa shape index (κ3) is 9.29. The maximum absolute atomic E-state index is 10.6. The largest absolute Gasteiger partial charge is 0.490 e. The molecule has 0 bridgehead atoms. The second-order valence-electron chi connectivity index (χ2n) is 9.10. The third-order valence-corrected chi connectivity index (χ3v) is 5.97. The molecular weight excluding hydrogens is 576 g/mol. The van der Waals surface area contributed by atoms with Crippen molar-refractivity contribution in [1.29, 1.82) is 0 Å². The number of halogens is 6. The number of piperidine rings is 1. The van der Waals surface area contributed by atoms with E-state index in [1.807, 2.05) is 48.1 Å². The number of aromatic nitrogens is 4. The van der Waals surface area contributed by atoms with Gasteiger partial charge in [0.05, 0.1) is 6.54 Å². The highest BCUT2D eigenvalue weighted by atomic mass is 19.4. The van der Waals surface area contributed by atoms with Gasteiger partial charge >= 0.3 is 24.3 Å². The van der Waals surface area contributed by atoms with Crippen LogP contribution in [0.1, 0.15) is 36.1 Å². The predicted octanol–water partition coefficient (Wildman–Crippen LogP) is 5.34. The quantitative estimate of drug-likeness (QED) is 0.297. The highest BCUT2D eigenvalue weighted by molar-refractivity contribution is 5.73. The van der Waals surface area contributed by atoms with Crippen molar-refractivity contribution in [2.75, 3.05) is 13.1 Å². The monoisotopic (exact) mass is 601 g/mol. The molecule has 4 aromatic heterocycles. The van der Waals surface area contributed by atoms with E-state index in [9.17, 15) is 26.3 Å². The zero-order valence-corrected chi connectivity index (χ0v) is 21.9. The van der Waals surface area contributed by atoms with E-state index in [1.165, 1.54) is 0 Å². The van der Waals surface area contributed by atoms with E-state index in [-0.39, 0.29) is 0 Å². The Labute approximate surface area is 234 Å². The molecule has 4 aromatic rings. The number of likely N-dealkylation sites (tertiary alicyclic amines) is 1. The molecule has 0 saturated carbocycles. The molecule has 16 heteroatoms. The molecule has 5 heterocycles. The minimum absolute atomic E-state index is 0.416. The van der Waals surface area contributed by atoms with Gasteiger partial charge in [0.1, 0.15) is 11.5 Å². The number of alkyl halides is 6. The molecule has 42 heavy (non-hydrogen) atoms. The van der Waals surface area contributed by atoms with Crippen molar-refractivity contribution >= 4 is 17.6 Å². The Hall–Kier alpha value is -4.47. The van der Waals surface area contributed by atoms with E-state index in [0.29, 0.717) is 5.92 Å². The first-order valence-corrected chi connectivity index (χ1v) is 12.3. The van der Waals surface area contributed by atoms with Crippen LogP contribution in [0, 0.1) is 6.92 Å². The Kier molecular flexibility index (Phi) is 10.3. The molecule has 0 atom stereocenters. The van der Waals surface area contributed by atoms with Crippen molar-refractivity contribution in [1.82, 2.24) is 24.5 Å². The number of nitrogens with zero attached hydrogens (tertiary/aromatic N) is 5. The van der Waals surface area contributed by atoms with Gasteiger partial charge < -0.3 is 14.6 Å². The molecule has 10 nitrogen and oxygen atoms in total. The van der Waals surface area contributed by atoms with Crippen LogP contribution in [0.2, 0.25) is 0 Å². The number of carbonyl (C=O) groups is 2. The molecule has 0 aromatic carbocycles. The molecule has 5 rings (SSSR count). The van der Waals surface area contributed by atoms with Crippen molar-refractivity contribution in [2.24, 2.45) is 0 Å². The molecule has 0 amide bonds. The summed E-state index contributed by atoms with van der Waals surface area (Å²) in [6.45, 7) is 4.96. The van der Waals surface area contributed by atoms with Gasteiger partial charge in [0.15, 0.2) is 11.5 Å². The highest BCUT2D eigenvalue weighted by Crippen LogP contribution is 2.28. The van der Waals surface area contributed by atoms with E-state index in [2.05, 4.69) is 28.2 Å². The Balaban J connectivity index is 0.000000289. The summed E-state index contributed by atoms with van der Waals surface area (Å²) in [5.41, 5.74) is 3.16. The maximum atomic E-state index is 10.6. The molecule has 0 aliphatic carbocycles. The standard InChI is InChI=1S/C22H23N5O.2C2HF3O2/c1-16-2-4-20(28-16)15-26-12-8-18(9-13-26)22-24-21-5-3-19(14-27(21)25-22)17-6-10-23-11-7-17;2*3-2(4,5)1(6)7/h2-7,10-11,14,18H,8-9,12-13,15H2,1H3;2*(H,6,7). The fraction of sp³-hybridized carbons (Fsp3) is 0.346. The van der Waals surface area contributed by atoms with E-state index in [4.69, 9.17) is 34.3 Å². The predicted molar refractivity (Wildman–Crippen MR) is 134 cm³/mol. The topological polar surface area (TPSA) is 134 Å². The summed E-state index contributed by atoms with van der Waals surface area (Å²) in [4.78, 5) is 29.1. The summed E-state index contributed by atoms with van der Waals surface area (Å²) in [7, 11) is 0. The molecule has 0 unspecified atom stereocenters. The van der Waals surface area contributed by atoms with Crippen LogP contribution >= 0.6 is 0 Å². The number of furan rings is 1. The van der Waals surface area contributed by atoms with Crippen LogP contribution in [0.25, 0.3) is 16.8 Å². The molecule has 0 radical (unpaired) electrons. The number of aryl methyl sites for hydroxylation is 1. The molecular formula is C26H25F6N5O5. The molecule has 1 saturated heterocycles. The minimum atomic E-state index is -5.08. The van der Waals surface area contributed by atoms with E-state index >= 15 is 0 Å². The Bertz CT molecular complexity index is 1450. The van der Waals surface area contributed by atoms with Crippen LogP contribution in [-0.2, 0) is 16.1 Å². The van der Waals surface area contributed by atoms with E-state index < -0.39 is 24.3 Å². The SMILES string of the molecule is Cc1ccc(CN2CCC(c3nc4ccc(-c5ccncc5)cn4n3)CC2)o1.O=C(O)C(F)(F)F.O=C(O)C(F)(F)F. The van der Waals surface area contributed by atoms with Gasteiger partial charge in [-0.25, -0.2) is 19.1 Å². The second-order valence-corrected chi connectivity index (χ2v) is 9.10. The zero-order valence-electron chi connectivity index (χ0n) is 21.9. The third-order valence-electron chi connectivity index (χ3n) is 5.97. The number of carboxylic acid groups (broad SMARTS) is 2. The summed E-state index contributed by atoms with van der Waals surface area (Å²) in [6.07, 6.45) is -2.34. The zero-order chi connectivity index (χ0) is 31.1. The fourth-order valence-electron chi connectivity index (χ4n) is 3.93. The van der Waals surface area contributed by atoms with E-state index in [0.717, 1.165) is 66.6 Å². The number of rotatable bonds is 4. The number of fused-ring (bicyclic) bond motifs is 1. The first-order chi connectivity index (χ1) is 19.6. The minimum Gasteiger partial charge on any atom is -0.475 e. The Morgan fingerprint density at radius 1 is 0.905 bits per heavy atom.